The first-order valence-corrected chi connectivity index (χ1v) is 8.12. The predicted octanol–water partition coefficient (Wildman–Crippen LogP) is 3.06. The minimum absolute atomic E-state index is 0.0512. The Bertz CT molecular complexity index is 546. The van der Waals surface area contributed by atoms with Crippen molar-refractivity contribution in [3.8, 4) is 0 Å². The van der Waals surface area contributed by atoms with Gasteiger partial charge in [0.25, 0.3) is 0 Å². The van der Waals surface area contributed by atoms with E-state index in [1.54, 1.807) is 4.90 Å². The molecule has 1 aliphatic heterocycles. The molecule has 2 rings (SSSR count). The Balaban J connectivity index is 2.12. The SMILES string of the molecule is CC(=O)N(CC(=O)N1CCCCCC1)c1ccc(C)c(C)c1. The molecule has 2 amide bonds. The fraction of sp³-hybridized carbons (Fsp3) is 0.556. The fourth-order valence-corrected chi connectivity index (χ4v) is 2.83. The second kappa shape index (κ2) is 7.43. The number of benzene rings is 1. The monoisotopic (exact) mass is 302 g/mol. The number of carbonyl (C=O) groups excluding carboxylic acids is 2. The molecule has 0 atom stereocenters. The van der Waals surface area contributed by atoms with Crippen LogP contribution in [0.25, 0.3) is 0 Å². The standard InChI is InChI=1S/C18H26N2O2/c1-14-8-9-17(12-15(14)2)20(16(3)21)13-18(22)19-10-6-4-5-7-11-19/h8-9,12H,4-7,10-11,13H2,1-3H3. The van der Waals surface area contributed by atoms with Crippen LogP contribution in [0.4, 0.5) is 5.69 Å². The van der Waals surface area contributed by atoms with Crippen molar-refractivity contribution in [1.82, 2.24) is 4.90 Å². The van der Waals surface area contributed by atoms with Crippen LogP contribution in [0.1, 0.15) is 43.7 Å². The van der Waals surface area contributed by atoms with E-state index in [1.165, 1.54) is 25.3 Å². The van der Waals surface area contributed by atoms with Crippen LogP contribution in [-0.4, -0.2) is 36.3 Å². The minimum atomic E-state index is -0.0913. The molecule has 0 radical (unpaired) electrons. The lowest BCUT2D eigenvalue weighted by molar-refractivity contribution is -0.131. The summed E-state index contributed by atoms with van der Waals surface area (Å²) in [6.07, 6.45) is 4.51. The third-order valence-corrected chi connectivity index (χ3v) is 4.43. The average Bonchev–Trinajstić information content (AvgIpc) is 2.76. The van der Waals surface area contributed by atoms with E-state index in [1.807, 2.05) is 36.9 Å². The molecule has 1 heterocycles. The molecule has 22 heavy (non-hydrogen) atoms. The normalized spacial score (nSPS) is 15.3. The molecule has 0 saturated carbocycles. The summed E-state index contributed by atoms with van der Waals surface area (Å²) in [5.41, 5.74) is 3.12. The molecule has 0 N–H and O–H groups in total. The molecule has 0 aromatic heterocycles. The Labute approximate surface area is 133 Å². The highest BCUT2D eigenvalue weighted by Gasteiger charge is 2.21. The van der Waals surface area contributed by atoms with E-state index in [4.69, 9.17) is 0 Å². The Hall–Kier alpha value is -1.84. The molecule has 1 aromatic carbocycles. The molecule has 1 aliphatic rings. The maximum Gasteiger partial charge on any atom is 0.242 e. The Morgan fingerprint density at radius 2 is 1.68 bits per heavy atom. The number of hydrogen-bond acceptors (Lipinski definition) is 2. The first-order valence-electron chi connectivity index (χ1n) is 8.12. The molecule has 0 unspecified atom stereocenters. The fourth-order valence-electron chi connectivity index (χ4n) is 2.83. The minimum Gasteiger partial charge on any atom is -0.341 e. The van der Waals surface area contributed by atoms with Crippen LogP contribution in [0.3, 0.4) is 0 Å². The van der Waals surface area contributed by atoms with Gasteiger partial charge in [0.2, 0.25) is 11.8 Å². The zero-order valence-corrected chi connectivity index (χ0v) is 13.9. The Kier molecular flexibility index (Phi) is 5.58. The number of anilines is 1. The van der Waals surface area contributed by atoms with Gasteiger partial charge in [-0.25, -0.2) is 0 Å². The van der Waals surface area contributed by atoms with Gasteiger partial charge in [-0.15, -0.1) is 0 Å². The van der Waals surface area contributed by atoms with Gasteiger partial charge in [-0.05, 0) is 49.9 Å². The molecule has 0 spiro atoms. The molecule has 0 bridgehead atoms. The summed E-state index contributed by atoms with van der Waals surface area (Å²) in [7, 11) is 0. The summed E-state index contributed by atoms with van der Waals surface area (Å²) in [5, 5.41) is 0. The lowest BCUT2D eigenvalue weighted by atomic mass is 10.1. The smallest absolute Gasteiger partial charge is 0.242 e. The highest BCUT2D eigenvalue weighted by molar-refractivity contribution is 5.97. The lowest BCUT2D eigenvalue weighted by Gasteiger charge is -2.26. The van der Waals surface area contributed by atoms with E-state index in [9.17, 15) is 9.59 Å². The summed E-state index contributed by atoms with van der Waals surface area (Å²) >= 11 is 0. The van der Waals surface area contributed by atoms with E-state index in [0.29, 0.717) is 0 Å². The average molecular weight is 302 g/mol. The van der Waals surface area contributed by atoms with Gasteiger partial charge in [-0.3, -0.25) is 9.59 Å². The van der Waals surface area contributed by atoms with Gasteiger partial charge in [-0.1, -0.05) is 18.9 Å². The number of likely N-dealkylation sites (tertiary alicyclic amines) is 1. The molecule has 1 saturated heterocycles. The van der Waals surface area contributed by atoms with Gasteiger partial charge in [-0.2, -0.15) is 0 Å². The first kappa shape index (κ1) is 16.5. The van der Waals surface area contributed by atoms with Crippen molar-refractivity contribution in [3.05, 3.63) is 29.3 Å². The number of rotatable bonds is 3. The quantitative estimate of drug-likeness (QED) is 0.861. The predicted molar refractivity (Wildman–Crippen MR) is 89.0 cm³/mol. The zero-order chi connectivity index (χ0) is 16.1. The lowest BCUT2D eigenvalue weighted by Crippen LogP contribution is -2.42. The van der Waals surface area contributed by atoms with Crippen molar-refractivity contribution in [3.63, 3.8) is 0 Å². The number of aryl methyl sites for hydroxylation is 2. The van der Waals surface area contributed by atoms with Crippen molar-refractivity contribution in [2.45, 2.75) is 46.5 Å². The van der Waals surface area contributed by atoms with Gasteiger partial charge in [0, 0.05) is 25.7 Å². The van der Waals surface area contributed by atoms with E-state index in [0.717, 1.165) is 37.2 Å². The van der Waals surface area contributed by atoms with Crippen LogP contribution < -0.4 is 4.90 Å². The summed E-state index contributed by atoms with van der Waals surface area (Å²) in [6, 6.07) is 5.89. The zero-order valence-electron chi connectivity index (χ0n) is 13.9. The summed E-state index contributed by atoms with van der Waals surface area (Å²) in [6.45, 7) is 7.35. The molecule has 1 aromatic rings. The largest absolute Gasteiger partial charge is 0.341 e. The number of nitrogens with zero attached hydrogens (tertiary/aromatic N) is 2. The van der Waals surface area contributed by atoms with Crippen LogP contribution >= 0.6 is 0 Å². The molecule has 4 heteroatoms. The Morgan fingerprint density at radius 3 is 2.23 bits per heavy atom. The second-order valence-electron chi connectivity index (χ2n) is 6.17. The third-order valence-electron chi connectivity index (χ3n) is 4.43. The molecule has 4 nitrogen and oxygen atoms in total. The van der Waals surface area contributed by atoms with E-state index in [-0.39, 0.29) is 18.4 Å². The summed E-state index contributed by atoms with van der Waals surface area (Å²) in [5.74, 6) is -0.0400. The first-order chi connectivity index (χ1) is 10.5. The second-order valence-corrected chi connectivity index (χ2v) is 6.17. The Morgan fingerprint density at radius 1 is 1.05 bits per heavy atom. The van der Waals surface area contributed by atoms with Crippen molar-refractivity contribution in [1.29, 1.82) is 0 Å². The molecular weight excluding hydrogens is 276 g/mol. The maximum atomic E-state index is 12.5. The highest BCUT2D eigenvalue weighted by atomic mass is 16.2. The van der Waals surface area contributed by atoms with Crippen molar-refractivity contribution < 1.29 is 9.59 Å². The van der Waals surface area contributed by atoms with Crippen molar-refractivity contribution >= 4 is 17.5 Å². The topological polar surface area (TPSA) is 40.6 Å². The van der Waals surface area contributed by atoms with Gasteiger partial charge < -0.3 is 9.80 Å². The van der Waals surface area contributed by atoms with E-state index in [2.05, 4.69) is 0 Å². The van der Waals surface area contributed by atoms with Gasteiger partial charge >= 0.3 is 0 Å². The highest BCUT2D eigenvalue weighted by Crippen LogP contribution is 2.19. The van der Waals surface area contributed by atoms with Gasteiger partial charge in [0.15, 0.2) is 0 Å². The van der Waals surface area contributed by atoms with Gasteiger partial charge in [0.05, 0.1) is 0 Å². The molecule has 1 fully saturated rings. The number of hydrogen-bond donors (Lipinski definition) is 0. The summed E-state index contributed by atoms with van der Waals surface area (Å²) in [4.78, 5) is 28.0. The number of amides is 2. The van der Waals surface area contributed by atoms with Crippen LogP contribution in [0.2, 0.25) is 0 Å². The van der Waals surface area contributed by atoms with Crippen LogP contribution in [0.5, 0.6) is 0 Å². The van der Waals surface area contributed by atoms with Crippen molar-refractivity contribution in [2.75, 3.05) is 24.5 Å². The summed E-state index contributed by atoms with van der Waals surface area (Å²) < 4.78 is 0. The molecule has 120 valence electrons. The van der Waals surface area contributed by atoms with Gasteiger partial charge in [0.1, 0.15) is 6.54 Å². The van der Waals surface area contributed by atoms with Crippen LogP contribution in [0.15, 0.2) is 18.2 Å². The molecular formula is C18H26N2O2. The number of carbonyl (C=O) groups is 2. The maximum absolute atomic E-state index is 12.5. The third kappa shape index (κ3) is 4.09. The van der Waals surface area contributed by atoms with Crippen LogP contribution in [-0.2, 0) is 9.59 Å². The molecule has 0 aliphatic carbocycles. The van der Waals surface area contributed by atoms with Crippen LogP contribution in [0, 0.1) is 13.8 Å². The van der Waals surface area contributed by atoms with E-state index < -0.39 is 0 Å². The van der Waals surface area contributed by atoms with Crippen molar-refractivity contribution in [2.24, 2.45) is 0 Å². The van der Waals surface area contributed by atoms with E-state index >= 15 is 0 Å².